The zero-order valence-corrected chi connectivity index (χ0v) is 9.79. The average molecular weight is 312 g/mol. The lowest BCUT2D eigenvalue weighted by atomic mass is 10.4. The SMILES string of the molecule is CC(=O)COc1c(I)ccnc1Cl. The molecule has 0 bridgehead atoms. The fraction of sp³-hybridized carbons (Fsp3) is 0.250. The largest absolute Gasteiger partial charge is 0.481 e. The van der Waals surface area contributed by atoms with Crippen LogP contribution in [0.4, 0.5) is 0 Å². The molecule has 0 radical (unpaired) electrons. The molecule has 0 unspecified atom stereocenters. The lowest BCUT2D eigenvalue weighted by Gasteiger charge is -2.06. The number of ketones is 1. The smallest absolute Gasteiger partial charge is 0.172 e. The van der Waals surface area contributed by atoms with E-state index in [-0.39, 0.29) is 17.5 Å². The maximum Gasteiger partial charge on any atom is 0.172 e. The molecule has 1 rings (SSSR count). The minimum absolute atomic E-state index is 0.0292. The summed E-state index contributed by atoms with van der Waals surface area (Å²) >= 11 is 7.83. The standard InChI is InChI=1S/C8H7ClINO2/c1-5(12)4-13-7-6(10)2-3-11-8(7)9/h2-3H,4H2,1H3. The summed E-state index contributed by atoms with van der Waals surface area (Å²) in [5.41, 5.74) is 0. The molecule has 1 heterocycles. The summed E-state index contributed by atoms with van der Waals surface area (Å²) in [4.78, 5) is 14.5. The van der Waals surface area contributed by atoms with Crippen LogP contribution >= 0.6 is 34.2 Å². The van der Waals surface area contributed by atoms with Crippen molar-refractivity contribution in [3.8, 4) is 5.75 Å². The number of rotatable bonds is 3. The van der Waals surface area contributed by atoms with Gasteiger partial charge < -0.3 is 4.74 Å². The molecule has 1 aromatic heterocycles. The van der Waals surface area contributed by atoms with E-state index in [1.54, 1.807) is 12.3 Å². The van der Waals surface area contributed by atoms with Crippen LogP contribution in [0.1, 0.15) is 6.92 Å². The van der Waals surface area contributed by atoms with Crippen molar-refractivity contribution in [1.29, 1.82) is 0 Å². The summed E-state index contributed by atoms with van der Waals surface area (Å²) < 4.78 is 6.02. The van der Waals surface area contributed by atoms with E-state index in [1.165, 1.54) is 6.92 Å². The summed E-state index contributed by atoms with van der Waals surface area (Å²) in [6, 6.07) is 1.77. The molecule has 0 aliphatic carbocycles. The lowest BCUT2D eigenvalue weighted by Crippen LogP contribution is -2.08. The van der Waals surface area contributed by atoms with Gasteiger partial charge in [0.05, 0.1) is 3.57 Å². The number of hydrogen-bond acceptors (Lipinski definition) is 3. The third-order valence-corrected chi connectivity index (χ3v) is 2.35. The van der Waals surface area contributed by atoms with Crippen LogP contribution in [0, 0.1) is 3.57 Å². The molecule has 0 N–H and O–H groups in total. The van der Waals surface area contributed by atoms with E-state index in [0.29, 0.717) is 5.75 Å². The highest BCUT2D eigenvalue weighted by Gasteiger charge is 2.07. The second-order valence-corrected chi connectivity index (χ2v) is 3.92. The van der Waals surface area contributed by atoms with E-state index < -0.39 is 0 Å². The van der Waals surface area contributed by atoms with Gasteiger partial charge in [-0.05, 0) is 35.6 Å². The van der Waals surface area contributed by atoms with Gasteiger partial charge in [0.25, 0.3) is 0 Å². The monoisotopic (exact) mass is 311 g/mol. The molecule has 0 atom stereocenters. The predicted octanol–water partition coefficient (Wildman–Crippen LogP) is 2.31. The first-order chi connectivity index (χ1) is 6.11. The van der Waals surface area contributed by atoms with E-state index in [1.807, 2.05) is 0 Å². The molecule has 0 saturated heterocycles. The van der Waals surface area contributed by atoms with Gasteiger partial charge in [0.1, 0.15) is 6.61 Å². The number of carbonyl (C=O) groups excluding carboxylic acids is 1. The number of carbonyl (C=O) groups is 1. The molecule has 0 aromatic carbocycles. The van der Waals surface area contributed by atoms with Crippen LogP contribution in [0.2, 0.25) is 5.15 Å². The predicted molar refractivity (Wildman–Crippen MR) is 58.1 cm³/mol. The quantitative estimate of drug-likeness (QED) is 0.635. The third-order valence-electron chi connectivity index (χ3n) is 1.23. The summed E-state index contributed by atoms with van der Waals surface area (Å²) in [6.45, 7) is 1.48. The maximum absolute atomic E-state index is 10.6. The zero-order chi connectivity index (χ0) is 9.84. The van der Waals surface area contributed by atoms with E-state index in [2.05, 4.69) is 27.6 Å². The molecule has 0 spiro atoms. The molecule has 70 valence electrons. The van der Waals surface area contributed by atoms with Gasteiger partial charge in [0.15, 0.2) is 16.7 Å². The van der Waals surface area contributed by atoms with E-state index in [4.69, 9.17) is 16.3 Å². The van der Waals surface area contributed by atoms with E-state index in [0.717, 1.165) is 3.57 Å². The molecule has 0 aliphatic heterocycles. The van der Waals surface area contributed by atoms with E-state index in [9.17, 15) is 4.79 Å². The van der Waals surface area contributed by atoms with Gasteiger partial charge in [-0.15, -0.1) is 0 Å². The number of halogens is 2. The van der Waals surface area contributed by atoms with Crippen molar-refractivity contribution in [1.82, 2.24) is 4.98 Å². The Morgan fingerprint density at radius 3 is 3.00 bits per heavy atom. The second kappa shape index (κ2) is 4.76. The van der Waals surface area contributed by atoms with Crippen molar-refractivity contribution >= 4 is 40.0 Å². The number of aromatic nitrogens is 1. The van der Waals surface area contributed by atoms with Crippen LogP contribution < -0.4 is 4.74 Å². The van der Waals surface area contributed by atoms with Gasteiger partial charge in [0.2, 0.25) is 0 Å². The van der Waals surface area contributed by atoms with Gasteiger partial charge in [0, 0.05) is 6.20 Å². The van der Waals surface area contributed by atoms with Crippen molar-refractivity contribution in [2.75, 3.05) is 6.61 Å². The Labute approximate surface area is 94.6 Å². The van der Waals surface area contributed by atoms with E-state index >= 15 is 0 Å². The van der Waals surface area contributed by atoms with Crippen molar-refractivity contribution < 1.29 is 9.53 Å². The summed E-state index contributed by atoms with van der Waals surface area (Å²) in [5.74, 6) is 0.427. The average Bonchev–Trinajstić information content (AvgIpc) is 2.03. The van der Waals surface area contributed by atoms with Crippen LogP contribution in [0.5, 0.6) is 5.75 Å². The lowest BCUT2D eigenvalue weighted by molar-refractivity contribution is -0.118. The van der Waals surface area contributed by atoms with Crippen molar-refractivity contribution in [3.63, 3.8) is 0 Å². The first-order valence-corrected chi connectivity index (χ1v) is 4.99. The van der Waals surface area contributed by atoms with Gasteiger partial charge in [-0.1, -0.05) is 11.6 Å². The van der Waals surface area contributed by atoms with Crippen LogP contribution in [0.15, 0.2) is 12.3 Å². The highest BCUT2D eigenvalue weighted by Crippen LogP contribution is 2.27. The summed E-state index contributed by atoms with van der Waals surface area (Å²) in [5, 5.41) is 0.285. The topological polar surface area (TPSA) is 39.2 Å². The Balaban J connectivity index is 2.81. The Morgan fingerprint density at radius 2 is 2.46 bits per heavy atom. The maximum atomic E-state index is 10.6. The van der Waals surface area contributed by atoms with Gasteiger partial charge in [-0.25, -0.2) is 4.98 Å². The van der Waals surface area contributed by atoms with Crippen molar-refractivity contribution in [3.05, 3.63) is 21.0 Å². The molecule has 0 fully saturated rings. The molecular formula is C8H7ClINO2. The fourth-order valence-corrected chi connectivity index (χ4v) is 1.65. The fourth-order valence-electron chi connectivity index (χ4n) is 0.703. The summed E-state index contributed by atoms with van der Waals surface area (Å²) in [6.07, 6.45) is 1.59. The molecule has 3 nitrogen and oxygen atoms in total. The number of pyridine rings is 1. The van der Waals surface area contributed by atoms with Gasteiger partial charge in [-0.2, -0.15) is 0 Å². The van der Waals surface area contributed by atoms with Gasteiger partial charge >= 0.3 is 0 Å². The third kappa shape index (κ3) is 3.11. The summed E-state index contributed by atoms with van der Waals surface area (Å²) in [7, 11) is 0. The first kappa shape index (κ1) is 10.7. The second-order valence-electron chi connectivity index (χ2n) is 2.40. The van der Waals surface area contributed by atoms with Crippen LogP contribution in [0.3, 0.4) is 0 Å². The molecule has 0 saturated carbocycles. The molecule has 0 aliphatic rings. The van der Waals surface area contributed by atoms with Crippen LogP contribution in [0.25, 0.3) is 0 Å². The highest BCUT2D eigenvalue weighted by molar-refractivity contribution is 14.1. The Morgan fingerprint density at radius 1 is 1.77 bits per heavy atom. The van der Waals surface area contributed by atoms with Gasteiger partial charge in [-0.3, -0.25) is 4.79 Å². The Hall–Kier alpha value is -0.360. The Bertz CT molecular complexity index is 310. The van der Waals surface area contributed by atoms with Crippen LogP contribution in [-0.2, 0) is 4.79 Å². The van der Waals surface area contributed by atoms with Crippen molar-refractivity contribution in [2.45, 2.75) is 6.92 Å². The number of Topliss-reactive ketones (excluding diaryl/α,β-unsaturated/α-hetero) is 1. The zero-order valence-electron chi connectivity index (χ0n) is 6.88. The molecule has 1 aromatic rings. The first-order valence-electron chi connectivity index (χ1n) is 3.53. The minimum atomic E-state index is -0.0456. The molecular weight excluding hydrogens is 304 g/mol. The normalized spacial score (nSPS) is 9.77. The number of nitrogens with zero attached hydrogens (tertiary/aromatic N) is 1. The molecule has 13 heavy (non-hydrogen) atoms. The molecule has 0 amide bonds. The molecule has 5 heteroatoms. The van der Waals surface area contributed by atoms with Crippen LogP contribution in [-0.4, -0.2) is 17.4 Å². The number of ether oxygens (including phenoxy) is 1. The van der Waals surface area contributed by atoms with Crippen molar-refractivity contribution in [2.24, 2.45) is 0 Å². The highest BCUT2D eigenvalue weighted by atomic mass is 127. The minimum Gasteiger partial charge on any atom is -0.481 e. The Kier molecular flexibility index (Phi) is 3.92. The number of hydrogen-bond donors (Lipinski definition) is 0.